The van der Waals surface area contributed by atoms with Crippen molar-refractivity contribution in [1.82, 2.24) is 10.2 Å². The zero-order valence-corrected chi connectivity index (χ0v) is 11.6. The number of ether oxygens (including phenoxy) is 2. The molecule has 1 aliphatic carbocycles. The summed E-state index contributed by atoms with van der Waals surface area (Å²) in [4.78, 5) is 34.4. The number of hydrogen-bond acceptors (Lipinski definition) is 8. The molecule has 1 fully saturated rings. The first-order valence-electron chi connectivity index (χ1n) is 6.56. The molecule has 1 saturated heterocycles. The largest absolute Gasteiger partial charge is 0.464 e. The van der Waals surface area contributed by atoms with Crippen LogP contribution < -0.4 is 0 Å². The molecule has 4 rings (SSSR count). The molecule has 8 heteroatoms. The van der Waals surface area contributed by atoms with Crippen molar-refractivity contribution >= 4 is 11.9 Å². The van der Waals surface area contributed by atoms with Crippen molar-refractivity contribution in [3.05, 3.63) is 22.5 Å². The van der Waals surface area contributed by atoms with Gasteiger partial charge in [0.25, 0.3) is 0 Å². The molecule has 2 bridgehead atoms. The Morgan fingerprint density at radius 3 is 1.76 bits per heavy atom. The maximum Gasteiger partial charge on any atom is 0.358 e. The molecule has 3 aliphatic rings. The van der Waals surface area contributed by atoms with E-state index < -0.39 is 24.1 Å². The zero-order chi connectivity index (χ0) is 15.0. The summed E-state index contributed by atoms with van der Waals surface area (Å²) in [5.41, 5.74) is 1.15. The Morgan fingerprint density at radius 2 is 1.38 bits per heavy atom. The average molecular weight is 294 g/mol. The van der Waals surface area contributed by atoms with E-state index in [0.29, 0.717) is 24.0 Å². The maximum absolute atomic E-state index is 11.9. The van der Waals surface area contributed by atoms with Crippen molar-refractivity contribution in [3.63, 3.8) is 0 Å². The van der Waals surface area contributed by atoms with Gasteiger partial charge in [-0.15, -0.1) is 10.2 Å². The van der Waals surface area contributed by atoms with Crippen LogP contribution >= 0.6 is 0 Å². The molecule has 0 unspecified atom stereocenters. The molecule has 2 atom stereocenters. The van der Waals surface area contributed by atoms with Gasteiger partial charge in [-0.1, -0.05) is 0 Å². The molecule has 0 radical (unpaired) electrons. The van der Waals surface area contributed by atoms with E-state index in [4.69, 9.17) is 19.2 Å². The number of methoxy groups -OCH3 is 2. The number of fused-ring (bicyclic) bond motifs is 3. The number of esters is 2. The van der Waals surface area contributed by atoms with Crippen molar-refractivity contribution < 1.29 is 28.8 Å². The molecule has 1 aromatic rings. The van der Waals surface area contributed by atoms with Gasteiger partial charge in [0.15, 0.2) is 11.4 Å². The first-order valence-corrected chi connectivity index (χ1v) is 6.56. The number of carbonyl (C=O) groups is 2. The van der Waals surface area contributed by atoms with Crippen LogP contribution in [0.1, 0.15) is 63.6 Å². The number of aromatic nitrogens is 2. The molecule has 0 N–H and O–H groups in total. The maximum atomic E-state index is 11.9. The Morgan fingerprint density at radius 1 is 0.952 bits per heavy atom. The Kier molecular flexibility index (Phi) is 3.56. The average Bonchev–Trinajstić information content (AvgIpc) is 2.87. The van der Waals surface area contributed by atoms with Gasteiger partial charge in [-0.3, -0.25) is 0 Å². The van der Waals surface area contributed by atoms with Crippen LogP contribution in [0.5, 0.6) is 0 Å². The second-order valence-electron chi connectivity index (χ2n) is 4.81. The minimum absolute atomic E-state index is 0.0559. The van der Waals surface area contributed by atoms with Crippen LogP contribution in [0.25, 0.3) is 0 Å². The van der Waals surface area contributed by atoms with Gasteiger partial charge >= 0.3 is 11.9 Å². The lowest BCUT2D eigenvalue weighted by atomic mass is 9.95. The fourth-order valence-electron chi connectivity index (χ4n) is 2.71. The summed E-state index contributed by atoms with van der Waals surface area (Å²) in [5.74, 6) is -1.24. The molecular weight excluding hydrogens is 280 g/mol. The van der Waals surface area contributed by atoms with Gasteiger partial charge in [-0.2, -0.15) is 0 Å². The molecular formula is C13H14N2O6. The SMILES string of the molecule is COC(=O)c1nnc(C(=O)OC)c2c1[C@@H]1CCC[C@H]2OO1. The van der Waals surface area contributed by atoms with Crippen molar-refractivity contribution in [3.8, 4) is 0 Å². The molecule has 1 aromatic heterocycles. The van der Waals surface area contributed by atoms with E-state index in [1.807, 2.05) is 0 Å². The first-order chi connectivity index (χ1) is 10.2. The first kappa shape index (κ1) is 13.9. The van der Waals surface area contributed by atoms with E-state index in [0.717, 1.165) is 6.42 Å². The Labute approximate surface area is 120 Å². The molecule has 2 aliphatic heterocycles. The van der Waals surface area contributed by atoms with E-state index in [9.17, 15) is 9.59 Å². The summed E-state index contributed by atoms with van der Waals surface area (Å²) < 4.78 is 9.45. The van der Waals surface area contributed by atoms with Gasteiger partial charge in [0, 0.05) is 11.1 Å². The van der Waals surface area contributed by atoms with Crippen molar-refractivity contribution in [2.45, 2.75) is 31.5 Å². The topological polar surface area (TPSA) is 96.8 Å². The highest BCUT2D eigenvalue weighted by Crippen LogP contribution is 2.45. The fourth-order valence-corrected chi connectivity index (χ4v) is 2.71. The predicted octanol–water partition coefficient (Wildman–Crippen LogP) is 1.28. The highest BCUT2D eigenvalue weighted by atomic mass is 17.2. The van der Waals surface area contributed by atoms with Gasteiger partial charge in [-0.05, 0) is 19.3 Å². The Bertz CT molecular complexity index is 548. The summed E-state index contributed by atoms with van der Waals surface area (Å²) in [7, 11) is 2.52. The monoisotopic (exact) mass is 294 g/mol. The molecule has 21 heavy (non-hydrogen) atoms. The van der Waals surface area contributed by atoms with Crippen LogP contribution in [0, 0.1) is 0 Å². The van der Waals surface area contributed by atoms with Gasteiger partial charge < -0.3 is 9.47 Å². The fraction of sp³-hybridized carbons (Fsp3) is 0.538. The van der Waals surface area contributed by atoms with E-state index in [-0.39, 0.29) is 11.4 Å². The Hall–Kier alpha value is -2.06. The van der Waals surface area contributed by atoms with Gasteiger partial charge in [-0.25, -0.2) is 19.4 Å². The molecule has 0 spiro atoms. The highest BCUT2D eigenvalue weighted by Gasteiger charge is 2.41. The summed E-state index contributed by atoms with van der Waals surface area (Å²) >= 11 is 0. The molecule has 0 amide bonds. The third-order valence-corrected chi connectivity index (χ3v) is 3.67. The molecule has 112 valence electrons. The number of carbonyl (C=O) groups excluding carboxylic acids is 2. The van der Waals surface area contributed by atoms with Crippen LogP contribution in [0.15, 0.2) is 0 Å². The minimum atomic E-state index is -0.619. The summed E-state index contributed by atoms with van der Waals surface area (Å²) in [6.07, 6.45) is 1.24. The third kappa shape index (κ3) is 2.16. The summed E-state index contributed by atoms with van der Waals surface area (Å²) in [5, 5.41) is 7.66. The number of rotatable bonds is 2. The van der Waals surface area contributed by atoms with Gasteiger partial charge in [0.2, 0.25) is 0 Å². The van der Waals surface area contributed by atoms with E-state index in [2.05, 4.69) is 10.2 Å². The lowest BCUT2D eigenvalue weighted by molar-refractivity contribution is -0.360. The number of nitrogens with zero attached hydrogens (tertiary/aromatic N) is 2. The van der Waals surface area contributed by atoms with E-state index in [1.54, 1.807) is 0 Å². The summed E-state index contributed by atoms with van der Waals surface area (Å²) in [6.45, 7) is 0. The van der Waals surface area contributed by atoms with Crippen LogP contribution in [-0.4, -0.2) is 36.4 Å². The van der Waals surface area contributed by atoms with Crippen molar-refractivity contribution in [2.75, 3.05) is 14.2 Å². The predicted molar refractivity (Wildman–Crippen MR) is 66.2 cm³/mol. The lowest BCUT2D eigenvalue weighted by Crippen LogP contribution is -2.26. The minimum Gasteiger partial charge on any atom is -0.464 e. The third-order valence-electron chi connectivity index (χ3n) is 3.67. The lowest BCUT2D eigenvalue weighted by Gasteiger charge is -2.28. The van der Waals surface area contributed by atoms with Gasteiger partial charge in [0.05, 0.1) is 14.2 Å². The normalized spacial score (nSPS) is 23.1. The van der Waals surface area contributed by atoms with Crippen LogP contribution in [0.2, 0.25) is 0 Å². The van der Waals surface area contributed by atoms with Crippen LogP contribution in [0.4, 0.5) is 0 Å². The smallest absolute Gasteiger partial charge is 0.358 e. The van der Waals surface area contributed by atoms with Crippen molar-refractivity contribution in [2.24, 2.45) is 0 Å². The van der Waals surface area contributed by atoms with Gasteiger partial charge in [0.1, 0.15) is 12.2 Å². The van der Waals surface area contributed by atoms with Crippen molar-refractivity contribution in [1.29, 1.82) is 0 Å². The van der Waals surface area contributed by atoms with E-state index in [1.165, 1.54) is 14.2 Å². The highest BCUT2D eigenvalue weighted by molar-refractivity contribution is 5.93. The second-order valence-corrected chi connectivity index (χ2v) is 4.81. The number of hydrogen-bond donors (Lipinski definition) is 0. The van der Waals surface area contributed by atoms with E-state index >= 15 is 0 Å². The molecule has 0 saturated carbocycles. The summed E-state index contributed by atoms with van der Waals surface area (Å²) in [6, 6.07) is 0. The Balaban J connectivity index is 2.24. The molecule has 8 nitrogen and oxygen atoms in total. The van der Waals surface area contributed by atoms with Crippen LogP contribution in [-0.2, 0) is 19.2 Å². The molecule has 0 aromatic carbocycles. The standard InChI is InChI=1S/C13H14N2O6/c1-18-12(16)10-8-6-4-3-5-7(21-20-6)9(8)11(15-14-10)13(17)19-2/h6-7H,3-5H2,1-2H3/t6-,7+. The van der Waals surface area contributed by atoms with Crippen LogP contribution in [0.3, 0.4) is 0 Å². The quantitative estimate of drug-likeness (QED) is 0.594. The second kappa shape index (κ2) is 5.38. The molecule has 3 heterocycles. The zero-order valence-electron chi connectivity index (χ0n) is 11.6.